The minimum absolute atomic E-state index is 0.279. The van der Waals surface area contributed by atoms with E-state index in [1.54, 1.807) is 22.7 Å². The van der Waals surface area contributed by atoms with Crippen LogP contribution in [0.25, 0.3) is 67.8 Å². The Kier molecular flexibility index (Phi) is 4.76. The lowest BCUT2D eigenvalue weighted by Crippen LogP contribution is -2.08. The van der Waals surface area contributed by atoms with E-state index in [1.807, 2.05) is 36.4 Å². The van der Waals surface area contributed by atoms with E-state index in [4.69, 9.17) is 19.1 Å². The molecule has 1 aliphatic rings. The van der Waals surface area contributed by atoms with Crippen LogP contribution < -0.4 is 5.63 Å². The average Bonchev–Trinajstić information content (AvgIpc) is 3.70. The standard InChI is InChI=1S/C33H16N2O3S3/c1-16-19-12-20-17-6-2-4-8-25(17)39-29(20)14-23(19)34-31(37-16)27-10-11-28(41-27)32-35-24-15-30-21(13-22(24)33(36)38-32)18-7-3-5-9-26(18)40-30/h2-15H,1H2. The molecule has 4 aromatic carbocycles. The molecule has 0 aliphatic carbocycles. The van der Waals surface area contributed by atoms with E-state index in [0.717, 1.165) is 36.5 Å². The van der Waals surface area contributed by atoms with Crippen molar-refractivity contribution in [2.24, 2.45) is 4.99 Å². The predicted octanol–water partition coefficient (Wildman–Crippen LogP) is 9.73. The topological polar surface area (TPSA) is 64.7 Å². The van der Waals surface area contributed by atoms with Gasteiger partial charge in [-0.05, 0) is 48.5 Å². The predicted molar refractivity (Wildman–Crippen MR) is 172 cm³/mol. The zero-order chi connectivity index (χ0) is 27.2. The Bertz CT molecular complexity index is 2510. The van der Waals surface area contributed by atoms with Gasteiger partial charge >= 0.3 is 5.63 Å². The molecule has 0 bridgehead atoms. The number of aromatic nitrogens is 1. The molecule has 0 unspecified atom stereocenters. The van der Waals surface area contributed by atoms with Crippen molar-refractivity contribution in [2.75, 3.05) is 0 Å². The third-order valence-corrected chi connectivity index (χ3v) is 10.7. The lowest BCUT2D eigenvalue weighted by atomic mass is 10.1. The molecule has 9 rings (SSSR count). The molecule has 1 aliphatic heterocycles. The van der Waals surface area contributed by atoms with Crippen molar-refractivity contribution in [1.29, 1.82) is 0 Å². The van der Waals surface area contributed by atoms with Crippen molar-refractivity contribution >= 4 is 103 Å². The summed E-state index contributed by atoms with van der Waals surface area (Å²) in [7, 11) is 0. The second kappa shape index (κ2) is 8.44. The Morgan fingerprint density at radius 3 is 2.12 bits per heavy atom. The highest BCUT2D eigenvalue weighted by Crippen LogP contribution is 2.43. The van der Waals surface area contributed by atoms with Crippen molar-refractivity contribution < 1.29 is 9.15 Å². The summed E-state index contributed by atoms with van der Waals surface area (Å²) in [5.74, 6) is 1.30. The van der Waals surface area contributed by atoms with Gasteiger partial charge in [-0.15, -0.1) is 34.0 Å². The number of ether oxygens (including phenoxy) is 1. The summed E-state index contributed by atoms with van der Waals surface area (Å²) in [6.07, 6.45) is 0. The van der Waals surface area contributed by atoms with E-state index < -0.39 is 5.63 Å². The second-order valence-electron chi connectivity index (χ2n) is 9.84. The third kappa shape index (κ3) is 3.48. The number of fused-ring (bicyclic) bond motifs is 8. The van der Waals surface area contributed by atoms with Crippen LogP contribution >= 0.6 is 34.0 Å². The summed E-state index contributed by atoms with van der Waals surface area (Å²) in [4.78, 5) is 24.2. The van der Waals surface area contributed by atoms with E-state index in [1.165, 1.54) is 36.2 Å². The van der Waals surface area contributed by atoms with Crippen molar-refractivity contribution in [3.05, 3.63) is 112 Å². The van der Waals surface area contributed by atoms with E-state index in [9.17, 15) is 4.79 Å². The van der Waals surface area contributed by atoms with Crippen LogP contribution in [0.2, 0.25) is 0 Å². The van der Waals surface area contributed by atoms with Gasteiger partial charge in [0.25, 0.3) is 0 Å². The molecule has 0 N–H and O–H groups in total. The minimum atomic E-state index is -0.405. The molecule has 5 heterocycles. The van der Waals surface area contributed by atoms with Gasteiger partial charge in [0, 0.05) is 45.9 Å². The Morgan fingerprint density at radius 2 is 1.34 bits per heavy atom. The Balaban J connectivity index is 1.13. The van der Waals surface area contributed by atoms with Crippen LogP contribution in [-0.2, 0) is 4.74 Å². The molecular weight excluding hydrogens is 569 g/mol. The molecule has 0 amide bonds. The molecular formula is C33H16N2O3S3. The Labute approximate surface area is 243 Å². The van der Waals surface area contributed by atoms with E-state index in [0.29, 0.717) is 22.6 Å². The van der Waals surface area contributed by atoms with Gasteiger partial charge in [0.05, 0.1) is 26.3 Å². The van der Waals surface area contributed by atoms with Gasteiger partial charge in [0.2, 0.25) is 11.8 Å². The normalized spacial score (nSPS) is 13.4. The second-order valence-corrected chi connectivity index (χ2v) is 13.1. The molecule has 0 radical (unpaired) electrons. The van der Waals surface area contributed by atoms with Crippen LogP contribution in [0, 0.1) is 0 Å². The number of thiophene rings is 3. The smallest absolute Gasteiger partial charge is 0.347 e. The lowest BCUT2D eigenvalue weighted by molar-refractivity contribution is 0.507. The highest BCUT2D eigenvalue weighted by atomic mass is 32.1. The fourth-order valence-corrected chi connectivity index (χ4v) is 8.55. The molecule has 0 fully saturated rings. The van der Waals surface area contributed by atoms with Crippen LogP contribution in [0.15, 0.2) is 106 Å². The number of rotatable bonds is 2. The maximum absolute atomic E-state index is 13.1. The summed E-state index contributed by atoms with van der Waals surface area (Å²) in [5, 5.41) is 5.04. The van der Waals surface area contributed by atoms with Gasteiger partial charge < -0.3 is 9.15 Å². The monoisotopic (exact) mass is 584 g/mol. The van der Waals surface area contributed by atoms with Gasteiger partial charge in [-0.25, -0.2) is 14.8 Å². The molecule has 0 atom stereocenters. The van der Waals surface area contributed by atoms with Gasteiger partial charge in [0.1, 0.15) is 5.76 Å². The van der Waals surface area contributed by atoms with Gasteiger partial charge in [-0.1, -0.05) is 43.0 Å². The zero-order valence-corrected chi connectivity index (χ0v) is 23.6. The SMILES string of the molecule is C=C1OC(c2ccc(-c3nc4cc5sc6ccccc6c5cc4c(=O)o3)s2)=Nc2cc3sc4ccccc4c3cc21. The van der Waals surface area contributed by atoms with Crippen molar-refractivity contribution in [1.82, 2.24) is 4.98 Å². The average molecular weight is 585 g/mol. The summed E-state index contributed by atoms with van der Waals surface area (Å²) in [6, 6.07) is 28.5. The highest BCUT2D eigenvalue weighted by molar-refractivity contribution is 7.26. The van der Waals surface area contributed by atoms with Gasteiger partial charge in [-0.3, -0.25) is 0 Å². The fourth-order valence-electron chi connectivity index (χ4n) is 5.45. The van der Waals surface area contributed by atoms with Crippen LogP contribution in [0.5, 0.6) is 0 Å². The van der Waals surface area contributed by atoms with Crippen LogP contribution in [0.1, 0.15) is 10.4 Å². The molecule has 0 saturated carbocycles. The first kappa shape index (κ1) is 23.1. The maximum atomic E-state index is 13.1. The first-order valence-electron chi connectivity index (χ1n) is 12.9. The molecule has 8 heteroatoms. The number of hydrogen-bond acceptors (Lipinski definition) is 8. The summed E-state index contributed by atoms with van der Waals surface area (Å²) < 4.78 is 16.5. The Hall–Kier alpha value is -4.63. The zero-order valence-electron chi connectivity index (χ0n) is 21.1. The highest BCUT2D eigenvalue weighted by Gasteiger charge is 2.23. The van der Waals surface area contributed by atoms with E-state index in [-0.39, 0.29) is 5.89 Å². The maximum Gasteiger partial charge on any atom is 0.347 e. The third-order valence-electron chi connectivity index (χ3n) is 7.39. The first-order valence-corrected chi connectivity index (χ1v) is 15.3. The molecule has 194 valence electrons. The van der Waals surface area contributed by atoms with Gasteiger partial charge in [-0.2, -0.15) is 0 Å². The summed E-state index contributed by atoms with van der Waals surface area (Å²) in [6.45, 7) is 4.19. The molecule has 41 heavy (non-hydrogen) atoms. The van der Waals surface area contributed by atoms with Crippen molar-refractivity contribution in [3.8, 4) is 10.8 Å². The number of hydrogen-bond donors (Lipinski definition) is 0. The molecule has 8 aromatic rings. The molecule has 0 saturated heterocycles. The lowest BCUT2D eigenvalue weighted by Gasteiger charge is -2.18. The summed E-state index contributed by atoms with van der Waals surface area (Å²) in [5.41, 5.74) is 1.92. The molecule has 4 aromatic heterocycles. The minimum Gasteiger partial charge on any atom is -0.438 e. The Morgan fingerprint density at radius 1 is 0.659 bits per heavy atom. The molecule has 0 spiro atoms. The number of nitrogens with zero attached hydrogens (tertiary/aromatic N) is 2. The van der Waals surface area contributed by atoms with Crippen molar-refractivity contribution in [3.63, 3.8) is 0 Å². The van der Waals surface area contributed by atoms with Crippen molar-refractivity contribution in [2.45, 2.75) is 0 Å². The van der Waals surface area contributed by atoms with Crippen LogP contribution in [0.3, 0.4) is 0 Å². The fraction of sp³-hybridized carbons (Fsp3) is 0. The van der Waals surface area contributed by atoms with E-state index in [2.05, 4.69) is 55.1 Å². The van der Waals surface area contributed by atoms with E-state index >= 15 is 0 Å². The quantitative estimate of drug-likeness (QED) is 0.203. The summed E-state index contributed by atoms with van der Waals surface area (Å²) >= 11 is 4.86. The van der Waals surface area contributed by atoms with Crippen LogP contribution in [-0.4, -0.2) is 10.9 Å². The number of aliphatic imine (C=N–C) groups is 1. The first-order chi connectivity index (χ1) is 20.1. The molecule has 5 nitrogen and oxygen atoms in total. The number of benzene rings is 4. The van der Waals surface area contributed by atoms with Crippen LogP contribution in [0.4, 0.5) is 5.69 Å². The largest absolute Gasteiger partial charge is 0.438 e. The van der Waals surface area contributed by atoms with Gasteiger partial charge in [0.15, 0.2) is 0 Å².